The Bertz CT molecular complexity index is 626. The zero-order valence-corrected chi connectivity index (χ0v) is 10.7. The quantitative estimate of drug-likeness (QED) is 0.657. The third-order valence-electron chi connectivity index (χ3n) is 2.78. The molecule has 0 atom stereocenters. The van der Waals surface area contributed by atoms with Gasteiger partial charge in [0.05, 0.1) is 6.61 Å². The normalized spacial score (nSPS) is 9.58. The number of carbonyl (C=O) groups is 1. The Balaban J connectivity index is 2.16. The van der Waals surface area contributed by atoms with Crippen molar-refractivity contribution < 1.29 is 9.90 Å². The Kier molecular flexibility index (Phi) is 4.12. The van der Waals surface area contributed by atoms with Gasteiger partial charge in [-0.05, 0) is 36.8 Å². The van der Waals surface area contributed by atoms with Crippen molar-refractivity contribution in [3.63, 3.8) is 0 Å². The maximum absolute atomic E-state index is 11.1. The molecule has 0 aliphatic heterocycles. The molecule has 0 unspecified atom stereocenters. The highest BCUT2D eigenvalue weighted by molar-refractivity contribution is 5.94. The van der Waals surface area contributed by atoms with Gasteiger partial charge in [0.1, 0.15) is 0 Å². The SMILES string of the molecule is CC(=O)c1ccc(C#Cc2ccc(CO)cc2)cc1. The van der Waals surface area contributed by atoms with Gasteiger partial charge < -0.3 is 5.11 Å². The predicted octanol–water partition coefficient (Wildman–Crippen LogP) is 2.78. The molecule has 94 valence electrons. The lowest BCUT2D eigenvalue weighted by molar-refractivity contribution is 0.101. The molecule has 0 heterocycles. The lowest BCUT2D eigenvalue weighted by atomic mass is 10.1. The second kappa shape index (κ2) is 5.99. The van der Waals surface area contributed by atoms with Gasteiger partial charge >= 0.3 is 0 Å². The molecule has 0 spiro atoms. The Labute approximate surface area is 112 Å². The Morgan fingerprint density at radius 2 is 1.42 bits per heavy atom. The first kappa shape index (κ1) is 13.1. The molecule has 0 aromatic heterocycles. The van der Waals surface area contributed by atoms with Gasteiger partial charge in [0.25, 0.3) is 0 Å². The van der Waals surface area contributed by atoms with E-state index in [1.807, 2.05) is 36.4 Å². The fourth-order valence-corrected chi connectivity index (χ4v) is 1.63. The van der Waals surface area contributed by atoms with Gasteiger partial charge in [-0.15, -0.1) is 0 Å². The minimum absolute atomic E-state index is 0.0419. The van der Waals surface area contributed by atoms with E-state index < -0.39 is 0 Å². The summed E-state index contributed by atoms with van der Waals surface area (Å²) in [6.45, 7) is 1.59. The van der Waals surface area contributed by atoms with E-state index >= 15 is 0 Å². The van der Waals surface area contributed by atoms with E-state index in [0.29, 0.717) is 5.56 Å². The van der Waals surface area contributed by atoms with Crippen LogP contribution in [0.15, 0.2) is 48.5 Å². The highest BCUT2D eigenvalue weighted by Crippen LogP contribution is 2.06. The molecule has 0 bridgehead atoms. The fourth-order valence-electron chi connectivity index (χ4n) is 1.63. The van der Waals surface area contributed by atoms with E-state index in [0.717, 1.165) is 16.7 Å². The molecule has 0 saturated heterocycles. The second-order valence-corrected chi connectivity index (χ2v) is 4.24. The van der Waals surface area contributed by atoms with E-state index in [4.69, 9.17) is 5.11 Å². The van der Waals surface area contributed by atoms with E-state index in [9.17, 15) is 4.79 Å². The number of rotatable bonds is 2. The molecular formula is C17H14O2. The summed E-state index contributed by atoms with van der Waals surface area (Å²) < 4.78 is 0. The molecular weight excluding hydrogens is 236 g/mol. The standard InChI is InChI=1S/C17H14O2/c1-13(19)17-10-8-15(9-11-17)3-2-14-4-6-16(12-18)7-5-14/h4-11,18H,12H2,1H3. The van der Waals surface area contributed by atoms with Gasteiger partial charge in [0.2, 0.25) is 0 Å². The number of aliphatic hydroxyl groups is 1. The maximum Gasteiger partial charge on any atom is 0.159 e. The highest BCUT2D eigenvalue weighted by atomic mass is 16.3. The maximum atomic E-state index is 11.1. The Hall–Kier alpha value is -2.37. The average Bonchev–Trinajstić information content (AvgIpc) is 2.46. The summed E-state index contributed by atoms with van der Waals surface area (Å²) in [6.07, 6.45) is 0. The van der Waals surface area contributed by atoms with Crippen molar-refractivity contribution in [3.8, 4) is 11.8 Å². The number of benzene rings is 2. The predicted molar refractivity (Wildman–Crippen MR) is 74.8 cm³/mol. The van der Waals surface area contributed by atoms with Crippen LogP contribution >= 0.6 is 0 Å². The van der Waals surface area contributed by atoms with Crippen LogP contribution in [-0.2, 0) is 6.61 Å². The van der Waals surface area contributed by atoms with Crippen molar-refractivity contribution in [1.82, 2.24) is 0 Å². The van der Waals surface area contributed by atoms with Crippen molar-refractivity contribution >= 4 is 5.78 Å². The van der Waals surface area contributed by atoms with Gasteiger partial charge in [0.15, 0.2) is 5.78 Å². The summed E-state index contributed by atoms with van der Waals surface area (Å²) in [7, 11) is 0. The third kappa shape index (κ3) is 3.54. The van der Waals surface area contributed by atoms with Crippen molar-refractivity contribution in [2.75, 3.05) is 0 Å². The molecule has 0 amide bonds. The topological polar surface area (TPSA) is 37.3 Å². The summed E-state index contributed by atoms with van der Waals surface area (Å²) in [4.78, 5) is 11.1. The zero-order chi connectivity index (χ0) is 13.7. The first-order valence-corrected chi connectivity index (χ1v) is 6.02. The number of hydrogen-bond donors (Lipinski definition) is 1. The largest absolute Gasteiger partial charge is 0.392 e. The first-order valence-electron chi connectivity index (χ1n) is 6.02. The summed E-state index contributed by atoms with van der Waals surface area (Å²) in [5, 5.41) is 8.94. The van der Waals surface area contributed by atoms with Crippen LogP contribution in [0.4, 0.5) is 0 Å². The number of hydrogen-bond acceptors (Lipinski definition) is 2. The van der Waals surface area contributed by atoms with Crippen LogP contribution in [0.3, 0.4) is 0 Å². The summed E-state index contributed by atoms with van der Waals surface area (Å²) in [6, 6.07) is 14.7. The van der Waals surface area contributed by atoms with Crippen LogP contribution in [0.25, 0.3) is 0 Å². The third-order valence-corrected chi connectivity index (χ3v) is 2.78. The Morgan fingerprint density at radius 3 is 1.84 bits per heavy atom. The van der Waals surface area contributed by atoms with Crippen molar-refractivity contribution in [2.24, 2.45) is 0 Å². The van der Waals surface area contributed by atoms with Gasteiger partial charge in [-0.25, -0.2) is 0 Å². The van der Waals surface area contributed by atoms with Crippen LogP contribution in [0.5, 0.6) is 0 Å². The van der Waals surface area contributed by atoms with Crippen LogP contribution in [0, 0.1) is 11.8 Å². The first-order chi connectivity index (χ1) is 9.19. The summed E-state index contributed by atoms with van der Waals surface area (Å²) in [5.41, 5.74) is 3.33. The molecule has 0 fully saturated rings. The van der Waals surface area contributed by atoms with Crippen molar-refractivity contribution in [2.45, 2.75) is 13.5 Å². The molecule has 2 rings (SSSR count). The molecule has 2 aromatic rings. The smallest absolute Gasteiger partial charge is 0.159 e. The van der Waals surface area contributed by atoms with Gasteiger partial charge in [-0.3, -0.25) is 4.79 Å². The van der Waals surface area contributed by atoms with E-state index in [2.05, 4.69) is 11.8 Å². The molecule has 0 saturated carbocycles. The molecule has 0 radical (unpaired) electrons. The second-order valence-electron chi connectivity index (χ2n) is 4.24. The van der Waals surface area contributed by atoms with Gasteiger partial charge in [0, 0.05) is 16.7 Å². The minimum Gasteiger partial charge on any atom is -0.392 e. The minimum atomic E-state index is 0.0419. The molecule has 2 aromatic carbocycles. The van der Waals surface area contributed by atoms with E-state index in [1.165, 1.54) is 0 Å². The van der Waals surface area contributed by atoms with Gasteiger partial charge in [-0.2, -0.15) is 0 Å². The number of carbonyl (C=O) groups excluding carboxylic acids is 1. The molecule has 19 heavy (non-hydrogen) atoms. The fraction of sp³-hybridized carbons (Fsp3) is 0.118. The average molecular weight is 250 g/mol. The summed E-state index contributed by atoms with van der Waals surface area (Å²) in [5.74, 6) is 6.14. The van der Waals surface area contributed by atoms with E-state index in [1.54, 1.807) is 19.1 Å². The zero-order valence-electron chi connectivity index (χ0n) is 10.7. The van der Waals surface area contributed by atoms with Crippen LogP contribution in [-0.4, -0.2) is 10.9 Å². The number of aliphatic hydroxyl groups excluding tert-OH is 1. The number of ketones is 1. The molecule has 0 aliphatic carbocycles. The van der Waals surface area contributed by atoms with Crippen molar-refractivity contribution in [3.05, 3.63) is 70.8 Å². The Morgan fingerprint density at radius 1 is 0.947 bits per heavy atom. The lowest BCUT2D eigenvalue weighted by Gasteiger charge is -1.96. The molecule has 2 heteroatoms. The number of Topliss-reactive ketones (excluding diaryl/α,β-unsaturated/α-hetero) is 1. The van der Waals surface area contributed by atoms with Gasteiger partial charge in [-0.1, -0.05) is 36.1 Å². The molecule has 0 aliphatic rings. The van der Waals surface area contributed by atoms with E-state index in [-0.39, 0.29) is 12.4 Å². The monoisotopic (exact) mass is 250 g/mol. The van der Waals surface area contributed by atoms with Crippen LogP contribution in [0.2, 0.25) is 0 Å². The lowest BCUT2D eigenvalue weighted by Crippen LogP contribution is -1.90. The van der Waals surface area contributed by atoms with Crippen molar-refractivity contribution in [1.29, 1.82) is 0 Å². The highest BCUT2D eigenvalue weighted by Gasteiger charge is 1.97. The summed E-state index contributed by atoms with van der Waals surface area (Å²) >= 11 is 0. The van der Waals surface area contributed by atoms with Crippen LogP contribution in [0.1, 0.15) is 34.0 Å². The van der Waals surface area contributed by atoms with Crippen LogP contribution < -0.4 is 0 Å². The molecule has 2 nitrogen and oxygen atoms in total. The molecule has 1 N–H and O–H groups in total.